The third kappa shape index (κ3) is 4.02. The molecule has 3 N–H and O–H groups in total. The van der Waals surface area contributed by atoms with Gasteiger partial charge in [-0.2, -0.15) is 0 Å². The summed E-state index contributed by atoms with van der Waals surface area (Å²) in [5.41, 5.74) is 2.77. The van der Waals surface area contributed by atoms with Crippen LogP contribution >= 0.6 is 0 Å². The number of hydrogen-bond acceptors (Lipinski definition) is 4. The molecule has 1 aliphatic carbocycles. The third-order valence-corrected chi connectivity index (χ3v) is 7.19. The molecule has 8 heteroatoms. The normalized spacial score (nSPS) is 23.8. The highest BCUT2D eigenvalue weighted by Crippen LogP contribution is 2.30. The molecule has 2 aromatic heterocycles. The molecule has 0 bridgehead atoms. The van der Waals surface area contributed by atoms with Gasteiger partial charge < -0.3 is 14.8 Å². The summed E-state index contributed by atoms with van der Waals surface area (Å²) in [4.78, 5) is 19.4. The molecule has 3 aromatic rings. The van der Waals surface area contributed by atoms with E-state index in [2.05, 4.69) is 45.8 Å². The highest BCUT2D eigenvalue weighted by molar-refractivity contribution is 5.79. The minimum absolute atomic E-state index is 0.0277. The zero-order valence-electron chi connectivity index (χ0n) is 18.5. The van der Waals surface area contributed by atoms with E-state index in [-0.39, 0.29) is 11.6 Å². The minimum atomic E-state index is -0.153. The molecule has 0 spiro atoms. The lowest BCUT2D eigenvalue weighted by Crippen LogP contribution is -3.27. The van der Waals surface area contributed by atoms with Crippen LogP contribution in [0.5, 0.6) is 0 Å². The first kappa shape index (κ1) is 20.3. The van der Waals surface area contributed by atoms with Gasteiger partial charge in [-0.15, -0.1) is 5.10 Å². The average molecular weight is 424 g/mol. The summed E-state index contributed by atoms with van der Waals surface area (Å²) in [5, 5.41) is 14.1. The minimum Gasteiger partial charge on any atom is -0.328 e. The van der Waals surface area contributed by atoms with Crippen molar-refractivity contribution < 1.29 is 9.80 Å². The predicted molar refractivity (Wildman–Crippen MR) is 118 cm³/mol. The van der Waals surface area contributed by atoms with Gasteiger partial charge in [0, 0.05) is 5.52 Å². The van der Waals surface area contributed by atoms with Crippen LogP contribution in [0.1, 0.15) is 61.1 Å². The van der Waals surface area contributed by atoms with Crippen LogP contribution in [0.25, 0.3) is 10.9 Å². The number of nitrogens with one attached hydrogen (secondary N) is 3. The number of nitrogens with zero attached hydrogens (tertiary/aromatic N) is 4. The molecule has 0 unspecified atom stereocenters. The molecular formula is C23H33N7O+2. The van der Waals surface area contributed by atoms with Crippen LogP contribution < -0.4 is 15.4 Å². The second-order valence-electron chi connectivity index (χ2n) is 9.47. The number of benzene rings is 1. The second kappa shape index (κ2) is 8.51. The highest BCUT2D eigenvalue weighted by atomic mass is 16.1. The monoisotopic (exact) mass is 423 g/mol. The van der Waals surface area contributed by atoms with E-state index in [0.717, 1.165) is 66.9 Å². The fourth-order valence-corrected chi connectivity index (χ4v) is 5.35. The molecule has 5 rings (SSSR count). The number of aromatic amines is 1. The number of aryl methyl sites for hydroxylation is 1. The molecule has 1 saturated carbocycles. The first-order valence-electron chi connectivity index (χ1n) is 11.7. The lowest BCUT2D eigenvalue weighted by molar-refractivity contribution is -1.02. The summed E-state index contributed by atoms with van der Waals surface area (Å²) in [5.74, 6) is 0.846. The maximum absolute atomic E-state index is 13.3. The number of tetrazole rings is 1. The van der Waals surface area contributed by atoms with Gasteiger partial charge in [-0.05, 0) is 53.3 Å². The van der Waals surface area contributed by atoms with Gasteiger partial charge in [0.25, 0.3) is 5.56 Å². The Hall–Kier alpha value is -2.58. The van der Waals surface area contributed by atoms with E-state index in [1.165, 1.54) is 29.1 Å². The van der Waals surface area contributed by atoms with Crippen molar-refractivity contribution >= 4 is 10.9 Å². The topological polar surface area (TPSA) is 85.3 Å². The SMILES string of the molecule is Cc1ccc2cc([C@H](c3nnnn3C3CCCCC3)[NH+]3CC[NH+](C)CC3)c(=O)[nH]c2c1. The first-order chi connectivity index (χ1) is 15.1. The number of pyridine rings is 1. The standard InChI is InChI=1S/C23H31N7O/c1-16-8-9-17-15-19(23(31)24-20(17)14-16)21(29-12-10-28(2)11-13-29)22-25-26-27-30(22)18-6-4-3-5-7-18/h8-9,14-15,18,21H,3-7,10-13H2,1-2H3,(H,24,31)/p+2/t21-/m1/s1. The molecule has 0 amide bonds. The Morgan fingerprint density at radius 3 is 2.65 bits per heavy atom. The summed E-state index contributed by atoms with van der Waals surface area (Å²) in [6, 6.07) is 8.47. The maximum Gasteiger partial charge on any atom is 0.258 e. The van der Waals surface area contributed by atoms with Crippen molar-refractivity contribution in [1.82, 2.24) is 25.2 Å². The Balaban J connectivity index is 1.62. The first-order valence-corrected chi connectivity index (χ1v) is 11.7. The quantitative estimate of drug-likeness (QED) is 0.544. The number of hydrogen-bond donors (Lipinski definition) is 3. The Labute approximate surface area is 182 Å². The van der Waals surface area contributed by atoms with Crippen molar-refractivity contribution in [1.29, 1.82) is 0 Å². The van der Waals surface area contributed by atoms with Gasteiger partial charge in [0.15, 0.2) is 6.04 Å². The smallest absolute Gasteiger partial charge is 0.258 e. The van der Waals surface area contributed by atoms with Crippen LogP contribution in [0.2, 0.25) is 0 Å². The zero-order valence-corrected chi connectivity index (χ0v) is 18.5. The van der Waals surface area contributed by atoms with Crippen LogP contribution in [-0.2, 0) is 0 Å². The van der Waals surface area contributed by atoms with E-state index in [9.17, 15) is 4.79 Å². The van der Waals surface area contributed by atoms with Gasteiger partial charge in [0.2, 0.25) is 5.82 Å². The Morgan fingerprint density at radius 2 is 1.87 bits per heavy atom. The van der Waals surface area contributed by atoms with Gasteiger partial charge in [0.1, 0.15) is 26.2 Å². The highest BCUT2D eigenvalue weighted by Gasteiger charge is 2.38. The molecule has 1 atom stereocenters. The largest absolute Gasteiger partial charge is 0.328 e. The van der Waals surface area contributed by atoms with Crippen LogP contribution in [0, 0.1) is 6.92 Å². The number of rotatable bonds is 4. The number of piperazine rings is 1. The van der Waals surface area contributed by atoms with Crippen molar-refractivity contribution in [2.45, 2.75) is 51.1 Å². The van der Waals surface area contributed by atoms with Crippen LogP contribution in [0.15, 0.2) is 29.1 Å². The Kier molecular flexibility index (Phi) is 5.58. The van der Waals surface area contributed by atoms with Crippen molar-refractivity contribution in [3.05, 3.63) is 51.6 Å². The van der Waals surface area contributed by atoms with Crippen molar-refractivity contribution in [2.75, 3.05) is 33.2 Å². The molecule has 3 heterocycles. The molecule has 2 aliphatic rings. The maximum atomic E-state index is 13.3. The summed E-state index contributed by atoms with van der Waals surface area (Å²) in [6.45, 7) is 6.21. The van der Waals surface area contributed by atoms with Crippen LogP contribution in [-0.4, -0.2) is 58.4 Å². The van der Waals surface area contributed by atoms with Gasteiger partial charge in [0.05, 0.1) is 18.7 Å². The van der Waals surface area contributed by atoms with E-state index in [1.807, 2.05) is 17.7 Å². The molecule has 31 heavy (non-hydrogen) atoms. The molecule has 1 aromatic carbocycles. The van der Waals surface area contributed by atoms with Crippen molar-refractivity contribution in [2.24, 2.45) is 0 Å². The lowest BCUT2D eigenvalue weighted by atomic mass is 9.95. The van der Waals surface area contributed by atoms with Crippen LogP contribution in [0.3, 0.4) is 0 Å². The second-order valence-corrected chi connectivity index (χ2v) is 9.47. The van der Waals surface area contributed by atoms with E-state index < -0.39 is 0 Å². The molecule has 8 nitrogen and oxygen atoms in total. The molecule has 0 radical (unpaired) electrons. The lowest BCUT2D eigenvalue weighted by Gasteiger charge is -2.33. The molecule has 1 saturated heterocycles. The fraction of sp³-hybridized carbons (Fsp3) is 0.565. The number of fused-ring (bicyclic) bond motifs is 1. The van der Waals surface area contributed by atoms with Gasteiger partial charge >= 0.3 is 0 Å². The number of likely N-dealkylation sites (N-methyl/N-ethyl adjacent to an activating group) is 1. The predicted octanol–water partition coefficient (Wildman–Crippen LogP) is -0.169. The number of aromatic nitrogens is 5. The molecule has 1 aliphatic heterocycles. The summed E-state index contributed by atoms with van der Waals surface area (Å²) in [7, 11) is 2.24. The van der Waals surface area contributed by atoms with Gasteiger partial charge in [-0.3, -0.25) is 4.79 Å². The summed E-state index contributed by atoms with van der Waals surface area (Å²) >= 11 is 0. The van der Waals surface area contributed by atoms with E-state index in [1.54, 1.807) is 0 Å². The Morgan fingerprint density at radius 1 is 1.10 bits per heavy atom. The van der Waals surface area contributed by atoms with Crippen molar-refractivity contribution in [3.8, 4) is 0 Å². The zero-order chi connectivity index (χ0) is 21.4. The fourth-order valence-electron chi connectivity index (χ4n) is 5.35. The summed E-state index contributed by atoms with van der Waals surface area (Å²) < 4.78 is 2.04. The van der Waals surface area contributed by atoms with E-state index >= 15 is 0 Å². The van der Waals surface area contributed by atoms with Gasteiger partial charge in [-0.25, -0.2) is 4.68 Å². The van der Waals surface area contributed by atoms with E-state index in [4.69, 9.17) is 0 Å². The van der Waals surface area contributed by atoms with Crippen LogP contribution in [0.4, 0.5) is 0 Å². The van der Waals surface area contributed by atoms with Gasteiger partial charge in [-0.1, -0.05) is 31.4 Å². The number of H-pyrrole nitrogens is 1. The third-order valence-electron chi connectivity index (χ3n) is 7.19. The number of quaternary nitrogens is 2. The van der Waals surface area contributed by atoms with Crippen molar-refractivity contribution in [3.63, 3.8) is 0 Å². The summed E-state index contributed by atoms with van der Waals surface area (Å²) in [6.07, 6.45) is 5.94. The van der Waals surface area contributed by atoms with E-state index in [0.29, 0.717) is 6.04 Å². The Bertz CT molecular complexity index is 1110. The molecule has 2 fully saturated rings. The molecule has 164 valence electrons. The average Bonchev–Trinajstić information content (AvgIpc) is 3.26. The molecular weight excluding hydrogens is 390 g/mol.